The third-order valence-electron chi connectivity index (χ3n) is 7.90. The van der Waals surface area contributed by atoms with Crippen LogP contribution in [0.2, 0.25) is 5.82 Å². The summed E-state index contributed by atoms with van der Waals surface area (Å²) < 4.78 is 18.9. The molecular weight excluding hydrogens is 457 g/mol. The van der Waals surface area contributed by atoms with Crippen LogP contribution >= 0.6 is 0 Å². The second-order valence-corrected chi connectivity index (χ2v) is 11.2. The van der Waals surface area contributed by atoms with Gasteiger partial charge in [-0.05, 0) is 57.2 Å². The van der Waals surface area contributed by atoms with Gasteiger partial charge in [0.15, 0.2) is 0 Å². The summed E-state index contributed by atoms with van der Waals surface area (Å²) in [5.74, 6) is 0.117. The monoisotopic (exact) mass is 499 g/mol. The molecule has 4 rings (SSSR count). The maximum atomic E-state index is 6.72. The lowest BCUT2D eigenvalue weighted by Crippen LogP contribution is -2.41. The Bertz CT molecular complexity index is 1020. The fraction of sp³-hybridized carbons (Fsp3) is 0.438. The van der Waals surface area contributed by atoms with Crippen LogP contribution in [0.1, 0.15) is 63.3 Å². The summed E-state index contributed by atoms with van der Waals surface area (Å²) in [5, 5.41) is 0. The van der Waals surface area contributed by atoms with Crippen molar-refractivity contribution in [3.63, 3.8) is 0 Å². The van der Waals surface area contributed by atoms with Crippen molar-refractivity contribution in [1.82, 2.24) is 4.90 Å². The summed E-state index contributed by atoms with van der Waals surface area (Å²) in [5.41, 5.74) is 3.10. The van der Waals surface area contributed by atoms with Crippen molar-refractivity contribution in [3.05, 3.63) is 108 Å². The number of rotatable bonds is 12. The third kappa shape index (κ3) is 6.91. The minimum Gasteiger partial charge on any atom is -0.403 e. The van der Waals surface area contributed by atoms with Crippen molar-refractivity contribution in [3.8, 4) is 0 Å². The molecule has 4 nitrogen and oxygen atoms in total. The molecule has 1 saturated heterocycles. The van der Waals surface area contributed by atoms with Gasteiger partial charge in [0, 0.05) is 38.7 Å². The molecule has 1 aliphatic heterocycles. The zero-order valence-electron chi connectivity index (χ0n) is 23.1. The van der Waals surface area contributed by atoms with Crippen LogP contribution < -0.4 is 0 Å². The quantitative estimate of drug-likeness (QED) is 0.193. The zero-order chi connectivity index (χ0) is 26.3. The molecule has 0 aromatic heterocycles. The Balaban J connectivity index is 1.78. The topological polar surface area (TPSA) is 30.9 Å². The highest BCUT2D eigenvalue weighted by atomic mass is 16.7. The molecular formula is C32H42BNO3. The van der Waals surface area contributed by atoms with E-state index in [1.54, 1.807) is 7.11 Å². The summed E-state index contributed by atoms with van der Waals surface area (Å²) in [4.78, 5) is 2.60. The van der Waals surface area contributed by atoms with Gasteiger partial charge in [-0.1, -0.05) is 91.0 Å². The summed E-state index contributed by atoms with van der Waals surface area (Å²) in [6.45, 7) is 10.9. The van der Waals surface area contributed by atoms with Crippen molar-refractivity contribution >= 4 is 7.12 Å². The molecule has 0 N–H and O–H groups in total. The van der Waals surface area contributed by atoms with Crippen molar-refractivity contribution in [1.29, 1.82) is 0 Å². The second-order valence-electron chi connectivity index (χ2n) is 11.2. The zero-order valence-corrected chi connectivity index (χ0v) is 23.1. The smallest absolute Gasteiger partial charge is 0.403 e. The Morgan fingerprint density at radius 3 is 1.65 bits per heavy atom. The molecule has 1 heterocycles. The standard InChI is InChI=1S/C32H42BNO3/c1-31(2)32(3,4)37-33(36-31)29(22-15-23-35-5)30(28-20-13-8-14-21-28)34(24-26-16-9-6-10-17-26)25-27-18-11-7-12-19-27/h6-14,16-21,29-30H,15,22-25H2,1-5H3/t29-,30-/m1/s1. The minimum absolute atomic E-state index is 0.0909. The second kappa shape index (κ2) is 12.4. The highest BCUT2D eigenvalue weighted by Gasteiger charge is 2.55. The number of methoxy groups -OCH3 is 1. The van der Waals surface area contributed by atoms with Gasteiger partial charge >= 0.3 is 7.12 Å². The molecule has 2 atom stereocenters. The lowest BCUT2D eigenvalue weighted by atomic mass is 9.63. The van der Waals surface area contributed by atoms with Gasteiger partial charge < -0.3 is 14.0 Å². The van der Waals surface area contributed by atoms with Gasteiger partial charge in [-0.2, -0.15) is 0 Å². The predicted molar refractivity (Wildman–Crippen MR) is 152 cm³/mol. The normalized spacial score (nSPS) is 18.2. The number of hydrogen-bond acceptors (Lipinski definition) is 4. The molecule has 3 aromatic rings. The first-order chi connectivity index (χ1) is 17.8. The summed E-state index contributed by atoms with van der Waals surface area (Å²) in [6.07, 6.45) is 1.88. The first-order valence-electron chi connectivity index (χ1n) is 13.5. The van der Waals surface area contributed by atoms with E-state index in [1.807, 2.05) is 0 Å². The van der Waals surface area contributed by atoms with E-state index in [0.717, 1.165) is 32.5 Å². The van der Waals surface area contributed by atoms with Crippen LogP contribution in [0.25, 0.3) is 0 Å². The van der Waals surface area contributed by atoms with Gasteiger partial charge in [-0.3, -0.25) is 4.90 Å². The maximum absolute atomic E-state index is 6.72. The van der Waals surface area contributed by atoms with E-state index in [9.17, 15) is 0 Å². The Morgan fingerprint density at radius 2 is 1.19 bits per heavy atom. The van der Waals surface area contributed by atoms with Crippen molar-refractivity contribution in [2.75, 3.05) is 13.7 Å². The van der Waals surface area contributed by atoms with Gasteiger partial charge in [-0.25, -0.2) is 0 Å². The van der Waals surface area contributed by atoms with E-state index in [0.29, 0.717) is 0 Å². The van der Waals surface area contributed by atoms with Crippen molar-refractivity contribution in [2.24, 2.45) is 0 Å². The molecule has 1 aliphatic rings. The first-order valence-corrected chi connectivity index (χ1v) is 13.5. The van der Waals surface area contributed by atoms with Gasteiger partial charge in [0.1, 0.15) is 0 Å². The number of nitrogens with zero attached hydrogens (tertiary/aromatic N) is 1. The van der Waals surface area contributed by atoms with Crippen LogP contribution in [0, 0.1) is 0 Å². The maximum Gasteiger partial charge on any atom is 0.463 e. The minimum atomic E-state index is -0.387. The molecule has 3 aromatic carbocycles. The molecule has 0 aliphatic carbocycles. The van der Waals surface area contributed by atoms with Crippen molar-refractivity contribution in [2.45, 2.75) is 76.7 Å². The molecule has 37 heavy (non-hydrogen) atoms. The molecule has 1 fully saturated rings. The molecule has 0 spiro atoms. The van der Waals surface area contributed by atoms with Crippen LogP contribution in [0.15, 0.2) is 91.0 Å². The number of benzene rings is 3. The fourth-order valence-corrected chi connectivity index (χ4v) is 5.24. The first kappa shape index (κ1) is 27.6. The lowest BCUT2D eigenvalue weighted by molar-refractivity contribution is 0.00578. The highest BCUT2D eigenvalue weighted by Crippen LogP contribution is 2.47. The largest absolute Gasteiger partial charge is 0.463 e. The Kier molecular flexibility index (Phi) is 9.25. The molecule has 0 unspecified atom stereocenters. The van der Waals surface area contributed by atoms with Crippen LogP contribution in [-0.4, -0.2) is 36.9 Å². The van der Waals surface area contributed by atoms with Crippen LogP contribution in [-0.2, 0) is 27.1 Å². The van der Waals surface area contributed by atoms with Gasteiger partial charge in [0.2, 0.25) is 0 Å². The Labute approximate surface area is 224 Å². The Hall–Kier alpha value is -2.44. The third-order valence-corrected chi connectivity index (χ3v) is 7.90. The van der Waals surface area contributed by atoms with Crippen LogP contribution in [0.3, 0.4) is 0 Å². The average molecular weight is 500 g/mol. The molecule has 0 saturated carbocycles. The highest BCUT2D eigenvalue weighted by molar-refractivity contribution is 6.47. The lowest BCUT2D eigenvalue weighted by Gasteiger charge is -2.39. The van der Waals surface area contributed by atoms with Gasteiger partial charge in [0.25, 0.3) is 0 Å². The van der Waals surface area contributed by atoms with Gasteiger partial charge in [-0.15, -0.1) is 0 Å². The molecule has 0 bridgehead atoms. The number of hydrogen-bond donors (Lipinski definition) is 0. The van der Waals surface area contributed by atoms with E-state index in [1.165, 1.54) is 16.7 Å². The Morgan fingerprint density at radius 1 is 0.730 bits per heavy atom. The SMILES string of the molecule is COCCC[C@@H](B1OC(C)(C)C(C)(C)O1)[C@@H](c1ccccc1)N(Cc1ccccc1)Cc1ccccc1. The van der Waals surface area contributed by atoms with E-state index >= 15 is 0 Å². The molecule has 0 amide bonds. The number of ether oxygens (including phenoxy) is 1. The van der Waals surface area contributed by atoms with Crippen LogP contribution in [0.4, 0.5) is 0 Å². The van der Waals surface area contributed by atoms with E-state index in [-0.39, 0.29) is 30.2 Å². The van der Waals surface area contributed by atoms with Crippen LogP contribution in [0.5, 0.6) is 0 Å². The summed E-state index contributed by atoms with van der Waals surface area (Å²) >= 11 is 0. The fourth-order valence-electron chi connectivity index (χ4n) is 5.24. The molecule has 5 heteroatoms. The average Bonchev–Trinajstić information content (AvgIpc) is 3.11. The van der Waals surface area contributed by atoms with E-state index < -0.39 is 0 Å². The molecule has 0 radical (unpaired) electrons. The van der Waals surface area contributed by atoms with E-state index in [4.69, 9.17) is 14.0 Å². The molecule has 196 valence electrons. The predicted octanol–water partition coefficient (Wildman–Crippen LogP) is 7.32. The van der Waals surface area contributed by atoms with Gasteiger partial charge in [0.05, 0.1) is 11.2 Å². The summed E-state index contributed by atoms with van der Waals surface area (Å²) in [6, 6.07) is 32.5. The van der Waals surface area contributed by atoms with Crippen molar-refractivity contribution < 1.29 is 14.0 Å². The van der Waals surface area contributed by atoms with E-state index in [2.05, 4.69) is 124 Å². The summed E-state index contributed by atoms with van der Waals surface area (Å²) in [7, 11) is 1.45.